The summed E-state index contributed by atoms with van der Waals surface area (Å²) in [6.07, 6.45) is -1.83. The van der Waals surface area contributed by atoms with E-state index < -0.39 is 35.2 Å². The number of nitrogens with zero attached hydrogens (tertiary/aromatic N) is 1. The summed E-state index contributed by atoms with van der Waals surface area (Å²) in [5, 5.41) is 0. The first-order chi connectivity index (χ1) is 9.65. The van der Waals surface area contributed by atoms with Crippen molar-refractivity contribution < 1.29 is 22.7 Å². The molecule has 1 amide bonds. The van der Waals surface area contributed by atoms with Gasteiger partial charge in [-0.1, -0.05) is 0 Å². The van der Waals surface area contributed by atoms with E-state index in [4.69, 9.17) is 4.74 Å². The summed E-state index contributed by atoms with van der Waals surface area (Å²) >= 11 is 0. The normalized spacial score (nSPS) is 12.7. The van der Waals surface area contributed by atoms with Gasteiger partial charge in [-0.2, -0.15) is 0 Å². The number of halogens is 3. The van der Waals surface area contributed by atoms with Gasteiger partial charge in [-0.05, 0) is 34.6 Å². The van der Waals surface area contributed by atoms with E-state index in [0.29, 0.717) is 12.1 Å². The summed E-state index contributed by atoms with van der Waals surface area (Å²) in [6.45, 7) is 8.59. The van der Waals surface area contributed by atoms with E-state index in [1.54, 1.807) is 0 Å². The number of carbonyl (C=O) groups is 1. The van der Waals surface area contributed by atoms with Crippen molar-refractivity contribution in [3.8, 4) is 0 Å². The maximum atomic E-state index is 13.6. The maximum absolute atomic E-state index is 13.6. The SMILES string of the molecule is CC(OC(=O)N(C(C)C)C(C)C)c1c(F)cc(F)cc1F. The Morgan fingerprint density at radius 3 is 1.81 bits per heavy atom. The van der Waals surface area contributed by atoms with Crippen molar-refractivity contribution in [3.63, 3.8) is 0 Å². The molecule has 0 bridgehead atoms. The predicted octanol–water partition coefficient (Wildman–Crippen LogP) is 4.42. The van der Waals surface area contributed by atoms with Crippen LogP contribution in [0.15, 0.2) is 12.1 Å². The second kappa shape index (κ2) is 6.83. The van der Waals surface area contributed by atoms with E-state index in [1.165, 1.54) is 11.8 Å². The molecule has 0 N–H and O–H groups in total. The smallest absolute Gasteiger partial charge is 0.410 e. The Morgan fingerprint density at radius 1 is 1.00 bits per heavy atom. The molecule has 0 aliphatic heterocycles. The van der Waals surface area contributed by atoms with Gasteiger partial charge in [-0.3, -0.25) is 0 Å². The molecule has 0 spiro atoms. The van der Waals surface area contributed by atoms with Crippen LogP contribution in [-0.2, 0) is 4.74 Å². The molecule has 1 rings (SSSR count). The highest BCUT2D eigenvalue weighted by molar-refractivity contribution is 5.68. The molecular formula is C15H20F3NO2. The lowest BCUT2D eigenvalue weighted by molar-refractivity contribution is 0.0488. The number of hydrogen-bond donors (Lipinski definition) is 0. The summed E-state index contributed by atoms with van der Waals surface area (Å²) in [4.78, 5) is 13.5. The molecule has 1 aromatic carbocycles. The molecule has 6 heteroatoms. The van der Waals surface area contributed by atoms with Crippen LogP contribution in [0.5, 0.6) is 0 Å². The fourth-order valence-electron chi connectivity index (χ4n) is 2.23. The van der Waals surface area contributed by atoms with Gasteiger partial charge >= 0.3 is 6.09 Å². The molecule has 0 heterocycles. The lowest BCUT2D eigenvalue weighted by Crippen LogP contribution is -2.42. The summed E-state index contributed by atoms with van der Waals surface area (Å²) in [6, 6.07) is 0.886. The summed E-state index contributed by atoms with van der Waals surface area (Å²) < 4.78 is 45.3. The van der Waals surface area contributed by atoms with Crippen LogP contribution in [0, 0.1) is 17.5 Å². The highest BCUT2D eigenvalue weighted by atomic mass is 19.1. The van der Waals surface area contributed by atoms with Crippen molar-refractivity contribution in [2.75, 3.05) is 0 Å². The zero-order chi connectivity index (χ0) is 16.3. The van der Waals surface area contributed by atoms with Crippen LogP contribution in [0.3, 0.4) is 0 Å². The maximum Gasteiger partial charge on any atom is 0.410 e. The second-order valence-corrected chi connectivity index (χ2v) is 5.40. The van der Waals surface area contributed by atoms with Gasteiger partial charge in [0.15, 0.2) is 0 Å². The van der Waals surface area contributed by atoms with Crippen LogP contribution in [0.1, 0.15) is 46.3 Å². The Kier molecular flexibility index (Phi) is 5.63. The molecule has 0 saturated heterocycles. The van der Waals surface area contributed by atoms with Crippen molar-refractivity contribution in [1.29, 1.82) is 0 Å². The zero-order valence-electron chi connectivity index (χ0n) is 12.8. The van der Waals surface area contributed by atoms with Gasteiger partial charge in [-0.15, -0.1) is 0 Å². The number of benzene rings is 1. The van der Waals surface area contributed by atoms with E-state index in [-0.39, 0.29) is 12.1 Å². The first-order valence-electron chi connectivity index (χ1n) is 6.78. The number of ether oxygens (including phenoxy) is 1. The van der Waals surface area contributed by atoms with Gasteiger partial charge in [0.1, 0.15) is 23.6 Å². The predicted molar refractivity (Wildman–Crippen MR) is 73.3 cm³/mol. The Labute approximate surface area is 122 Å². The first-order valence-corrected chi connectivity index (χ1v) is 6.78. The average molecular weight is 303 g/mol. The molecule has 0 aliphatic rings. The number of amides is 1. The molecule has 1 unspecified atom stereocenters. The van der Waals surface area contributed by atoms with Gasteiger partial charge in [0.2, 0.25) is 0 Å². The molecular weight excluding hydrogens is 283 g/mol. The fourth-order valence-corrected chi connectivity index (χ4v) is 2.23. The van der Waals surface area contributed by atoms with E-state index in [2.05, 4.69) is 0 Å². The number of carbonyl (C=O) groups excluding carboxylic acids is 1. The van der Waals surface area contributed by atoms with Crippen LogP contribution in [0.2, 0.25) is 0 Å². The molecule has 0 aromatic heterocycles. The molecule has 3 nitrogen and oxygen atoms in total. The highest BCUT2D eigenvalue weighted by Crippen LogP contribution is 2.25. The summed E-state index contributed by atoms with van der Waals surface area (Å²) in [5.74, 6) is -3.17. The largest absolute Gasteiger partial charge is 0.441 e. The van der Waals surface area contributed by atoms with Gasteiger partial charge in [0.05, 0.1) is 5.56 Å². The van der Waals surface area contributed by atoms with Crippen molar-refractivity contribution in [2.45, 2.75) is 52.8 Å². The Hall–Kier alpha value is -1.72. The third-order valence-corrected chi connectivity index (χ3v) is 3.05. The zero-order valence-corrected chi connectivity index (χ0v) is 12.8. The number of rotatable bonds is 4. The van der Waals surface area contributed by atoms with Crippen molar-refractivity contribution in [3.05, 3.63) is 35.1 Å². The van der Waals surface area contributed by atoms with Crippen LogP contribution >= 0.6 is 0 Å². The third-order valence-electron chi connectivity index (χ3n) is 3.05. The molecule has 0 saturated carbocycles. The van der Waals surface area contributed by atoms with E-state index in [9.17, 15) is 18.0 Å². The minimum Gasteiger partial charge on any atom is -0.441 e. The number of hydrogen-bond acceptors (Lipinski definition) is 2. The standard InChI is InChI=1S/C15H20F3NO2/c1-8(2)19(9(3)4)15(20)21-10(5)14-12(17)6-11(16)7-13(14)18/h6-10H,1-5H3. The van der Waals surface area contributed by atoms with Crippen LogP contribution in [0.25, 0.3) is 0 Å². The van der Waals surface area contributed by atoms with Crippen molar-refractivity contribution in [2.24, 2.45) is 0 Å². The fraction of sp³-hybridized carbons (Fsp3) is 0.533. The molecule has 118 valence electrons. The Morgan fingerprint density at radius 2 is 1.43 bits per heavy atom. The van der Waals surface area contributed by atoms with E-state index in [1.807, 2.05) is 27.7 Å². The molecule has 21 heavy (non-hydrogen) atoms. The topological polar surface area (TPSA) is 29.5 Å². The summed E-state index contributed by atoms with van der Waals surface area (Å²) in [7, 11) is 0. The van der Waals surface area contributed by atoms with Gasteiger partial charge in [0, 0.05) is 24.2 Å². The summed E-state index contributed by atoms with van der Waals surface area (Å²) in [5.41, 5.74) is -0.461. The monoisotopic (exact) mass is 303 g/mol. The van der Waals surface area contributed by atoms with Gasteiger partial charge in [-0.25, -0.2) is 18.0 Å². The van der Waals surface area contributed by atoms with E-state index >= 15 is 0 Å². The molecule has 0 fully saturated rings. The molecule has 0 aliphatic carbocycles. The minimum atomic E-state index is -1.15. The van der Waals surface area contributed by atoms with Crippen molar-refractivity contribution >= 4 is 6.09 Å². The highest BCUT2D eigenvalue weighted by Gasteiger charge is 2.26. The van der Waals surface area contributed by atoms with Crippen LogP contribution in [-0.4, -0.2) is 23.1 Å². The molecule has 1 atom stereocenters. The average Bonchev–Trinajstić information content (AvgIpc) is 2.25. The lowest BCUT2D eigenvalue weighted by atomic mass is 10.1. The first kappa shape index (κ1) is 17.3. The quantitative estimate of drug-likeness (QED) is 0.824. The third kappa shape index (κ3) is 4.12. The minimum absolute atomic E-state index is 0.118. The Balaban J connectivity index is 2.96. The van der Waals surface area contributed by atoms with Gasteiger partial charge < -0.3 is 9.64 Å². The molecule has 1 aromatic rings. The van der Waals surface area contributed by atoms with E-state index in [0.717, 1.165) is 0 Å². The van der Waals surface area contributed by atoms with Gasteiger partial charge in [0.25, 0.3) is 0 Å². The molecule has 0 radical (unpaired) electrons. The van der Waals surface area contributed by atoms with Crippen LogP contribution < -0.4 is 0 Å². The van der Waals surface area contributed by atoms with Crippen molar-refractivity contribution in [1.82, 2.24) is 4.90 Å². The lowest BCUT2D eigenvalue weighted by Gasteiger charge is -2.31. The second-order valence-electron chi connectivity index (χ2n) is 5.40. The Bertz CT molecular complexity index is 487. The van der Waals surface area contributed by atoms with Crippen LogP contribution in [0.4, 0.5) is 18.0 Å².